The number of nitrogen functional groups attached to an aromatic ring is 1. The van der Waals surface area contributed by atoms with E-state index in [1.165, 1.54) is 11.3 Å². The predicted molar refractivity (Wildman–Crippen MR) is 85.4 cm³/mol. The summed E-state index contributed by atoms with van der Waals surface area (Å²) in [5.41, 5.74) is 8.97. The molecular weight excluding hydrogens is 248 g/mol. The van der Waals surface area contributed by atoms with E-state index in [2.05, 4.69) is 43.0 Å². The summed E-state index contributed by atoms with van der Waals surface area (Å²) in [6.07, 6.45) is 0. The van der Waals surface area contributed by atoms with E-state index in [1.807, 2.05) is 24.3 Å². The lowest BCUT2D eigenvalue weighted by Crippen LogP contribution is -2.28. The second-order valence-electron chi connectivity index (χ2n) is 4.84. The monoisotopic (exact) mass is 270 g/mol. The summed E-state index contributed by atoms with van der Waals surface area (Å²) in [5.74, 6) is 0.824. The van der Waals surface area contributed by atoms with Crippen LogP contribution in [0.2, 0.25) is 0 Å². The quantitative estimate of drug-likeness (QED) is 0.817. The number of hydrogen-bond donors (Lipinski definition) is 1. The van der Waals surface area contributed by atoms with Gasteiger partial charge in [-0.15, -0.1) is 0 Å². The van der Waals surface area contributed by atoms with Crippen molar-refractivity contribution in [1.29, 1.82) is 0 Å². The summed E-state index contributed by atoms with van der Waals surface area (Å²) in [4.78, 5) is 2.30. The van der Waals surface area contributed by atoms with Gasteiger partial charge in [0.25, 0.3) is 0 Å². The largest absolute Gasteiger partial charge is 0.492 e. The molecule has 0 saturated carbocycles. The smallest absolute Gasteiger partial charge is 0.121 e. The highest BCUT2D eigenvalue weighted by molar-refractivity contribution is 5.47. The van der Waals surface area contributed by atoms with E-state index >= 15 is 0 Å². The van der Waals surface area contributed by atoms with E-state index in [9.17, 15) is 0 Å². The van der Waals surface area contributed by atoms with Crippen molar-refractivity contribution in [2.24, 2.45) is 0 Å². The number of likely N-dealkylation sites (N-methyl/N-ethyl adjacent to an activating group) is 1. The SMILES string of the molecule is CCN(CCOc1cccc(N)c1)c1ccc(C)cc1. The van der Waals surface area contributed by atoms with Crippen LogP contribution in [0, 0.1) is 6.92 Å². The van der Waals surface area contributed by atoms with Crippen LogP contribution in [-0.4, -0.2) is 19.7 Å². The number of nitrogens with two attached hydrogens (primary N) is 1. The molecule has 0 atom stereocenters. The summed E-state index contributed by atoms with van der Waals surface area (Å²) >= 11 is 0. The molecule has 0 radical (unpaired) electrons. The number of nitrogens with zero attached hydrogens (tertiary/aromatic N) is 1. The van der Waals surface area contributed by atoms with Gasteiger partial charge in [-0.3, -0.25) is 0 Å². The normalized spacial score (nSPS) is 10.3. The van der Waals surface area contributed by atoms with Crippen molar-refractivity contribution in [3.63, 3.8) is 0 Å². The molecule has 0 fully saturated rings. The lowest BCUT2D eigenvalue weighted by Gasteiger charge is -2.23. The van der Waals surface area contributed by atoms with Crippen molar-refractivity contribution < 1.29 is 4.74 Å². The minimum Gasteiger partial charge on any atom is -0.492 e. The molecule has 0 spiro atoms. The number of benzene rings is 2. The first kappa shape index (κ1) is 14.3. The standard InChI is InChI=1S/C17H22N2O/c1-3-19(16-9-7-14(2)8-10-16)11-12-20-17-6-4-5-15(18)13-17/h4-10,13H,3,11-12,18H2,1-2H3. The minimum atomic E-state index is 0.644. The van der Waals surface area contributed by atoms with Crippen LogP contribution in [0.5, 0.6) is 5.75 Å². The molecule has 0 bridgehead atoms. The van der Waals surface area contributed by atoms with Gasteiger partial charge in [-0.2, -0.15) is 0 Å². The van der Waals surface area contributed by atoms with E-state index < -0.39 is 0 Å². The van der Waals surface area contributed by atoms with Crippen LogP contribution >= 0.6 is 0 Å². The highest BCUT2D eigenvalue weighted by Gasteiger charge is 2.04. The maximum absolute atomic E-state index is 5.74. The van der Waals surface area contributed by atoms with Crippen molar-refractivity contribution in [2.75, 3.05) is 30.3 Å². The zero-order chi connectivity index (χ0) is 14.4. The van der Waals surface area contributed by atoms with Gasteiger partial charge in [0.1, 0.15) is 12.4 Å². The lowest BCUT2D eigenvalue weighted by atomic mass is 10.2. The molecule has 0 aliphatic heterocycles. The molecule has 0 amide bonds. The average molecular weight is 270 g/mol. The number of anilines is 2. The Balaban J connectivity index is 1.89. The summed E-state index contributed by atoms with van der Waals surface area (Å²) in [6.45, 7) is 6.71. The molecule has 0 aliphatic rings. The minimum absolute atomic E-state index is 0.644. The van der Waals surface area contributed by atoms with Crippen LogP contribution in [-0.2, 0) is 0 Å². The first-order chi connectivity index (χ1) is 9.69. The Morgan fingerprint density at radius 1 is 1.10 bits per heavy atom. The van der Waals surface area contributed by atoms with Crippen molar-refractivity contribution in [1.82, 2.24) is 0 Å². The first-order valence-corrected chi connectivity index (χ1v) is 6.99. The maximum Gasteiger partial charge on any atom is 0.121 e. The van der Waals surface area contributed by atoms with Crippen molar-refractivity contribution in [3.05, 3.63) is 54.1 Å². The van der Waals surface area contributed by atoms with E-state index in [1.54, 1.807) is 0 Å². The Morgan fingerprint density at radius 3 is 2.50 bits per heavy atom. The van der Waals surface area contributed by atoms with Crippen LogP contribution in [0.1, 0.15) is 12.5 Å². The van der Waals surface area contributed by atoms with Crippen LogP contribution in [0.25, 0.3) is 0 Å². The molecule has 106 valence electrons. The number of rotatable bonds is 6. The number of hydrogen-bond acceptors (Lipinski definition) is 3. The highest BCUT2D eigenvalue weighted by Crippen LogP contribution is 2.16. The third-order valence-corrected chi connectivity index (χ3v) is 3.27. The summed E-state index contributed by atoms with van der Waals surface area (Å²) < 4.78 is 5.74. The average Bonchev–Trinajstić information content (AvgIpc) is 2.45. The summed E-state index contributed by atoms with van der Waals surface area (Å²) in [6, 6.07) is 16.1. The molecule has 0 unspecified atom stereocenters. The van der Waals surface area contributed by atoms with Crippen molar-refractivity contribution >= 4 is 11.4 Å². The van der Waals surface area contributed by atoms with Crippen molar-refractivity contribution in [2.45, 2.75) is 13.8 Å². The van der Waals surface area contributed by atoms with E-state index in [-0.39, 0.29) is 0 Å². The topological polar surface area (TPSA) is 38.5 Å². The molecule has 0 aliphatic carbocycles. The van der Waals surface area contributed by atoms with Gasteiger partial charge in [-0.1, -0.05) is 23.8 Å². The second-order valence-corrected chi connectivity index (χ2v) is 4.84. The third-order valence-electron chi connectivity index (χ3n) is 3.27. The van der Waals surface area contributed by atoms with Crippen LogP contribution in [0.4, 0.5) is 11.4 Å². The van der Waals surface area contributed by atoms with E-state index in [0.29, 0.717) is 6.61 Å². The fourth-order valence-corrected chi connectivity index (χ4v) is 2.10. The van der Waals surface area contributed by atoms with E-state index in [4.69, 9.17) is 10.5 Å². The lowest BCUT2D eigenvalue weighted by molar-refractivity contribution is 0.324. The Bertz CT molecular complexity index is 537. The zero-order valence-electron chi connectivity index (χ0n) is 12.2. The van der Waals surface area contributed by atoms with Gasteiger partial charge >= 0.3 is 0 Å². The molecule has 0 heterocycles. The maximum atomic E-state index is 5.74. The van der Waals surface area contributed by atoms with Gasteiger partial charge in [0, 0.05) is 24.0 Å². The Labute approximate surface area is 121 Å². The van der Waals surface area contributed by atoms with Gasteiger partial charge in [-0.25, -0.2) is 0 Å². The van der Waals surface area contributed by atoms with Gasteiger partial charge < -0.3 is 15.4 Å². The number of ether oxygens (including phenoxy) is 1. The Hall–Kier alpha value is -2.16. The molecule has 3 heteroatoms. The molecule has 0 aromatic heterocycles. The van der Waals surface area contributed by atoms with Crippen LogP contribution in [0.15, 0.2) is 48.5 Å². The summed E-state index contributed by atoms with van der Waals surface area (Å²) in [5, 5.41) is 0. The van der Waals surface area contributed by atoms with Gasteiger partial charge in [0.05, 0.1) is 6.54 Å². The predicted octanol–water partition coefficient (Wildman–Crippen LogP) is 3.48. The molecule has 2 aromatic rings. The molecule has 2 rings (SSSR count). The Morgan fingerprint density at radius 2 is 1.85 bits per heavy atom. The molecular formula is C17H22N2O. The molecule has 3 nitrogen and oxygen atoms in total. The highest BCUT2D eigenvalue weighted by atomic mass is 16.5. The van der Waals surface area contributed by atoms with Crippen LogP contribution < -0.4 is 15.4 Å². The van der Waals surface area contributed by atoms with Gasteiger partial charge in [0.15, 0.2) is 0 Å². The number of aryl methyl sites for hydroxylation is 1. The third kappa shape index (κ3) is 3.92. The molecule has 0 saturated heterocycles. The fourth-order valence-electron chi connectivity index (χ4n) is 2.10. The second kappa shape index (κ2) is 6.85. The Kier molecular flexibility index (Phi) is 4.88. The van der Waals surface area contributed by atoms with Crippen LogP contribution in [0.3, 0.4) is 0 Å². The van der Waals surface area contributed by atoms with Gasteiger partial charge in [0.2, 0.25) is 0 Å². The summed E-state index contributed by atoms with van der Waals surface area (Å²) in [7, 11) is 0. The fraction of sp³-hybridized carbons (Fsp3) is 0.294. The van der Waals surface area contributed by atoms with Gasteiger partial charge in [-0.05, 0) is 38.1 Å². The molecule has 2 N–H and O–H groups in total. The first-order valence-electron chi connectivity index (χ1n) is 6.99. The zero-order valence-corrected chi connectivity index (χ0v) is 12.2. The molecule has 2 aromatic carbocycles. The van der Waals surface area contributed by atoms with E-state index in [0.717, 1.165) is 24.5 Å². The molecule has 20 heavy (non-hydrogen) atoms. The van der Waals surface area contributed by atoms with Crippen molar-refractivity contribution in [3.8, 4) is 5.75 Å².